The molecule has 0 unspecified atom stereocenters. The van der Waals surface area contributed by atoms with Crippen LogP contribution in [0.1, 0.15) is 16.7 Å². The first-order valence-corrected chi connectivity index (χ1v) is 5.83. The van der Waals surface area contributed by atoms with Gasteiger partial charge < -0.3 is 0 Å². The lowest BCUT2D eigenvalue weighted by molar-refractivity contribution is 0.235. The highest BCUT2D eigenvalue weighted by atomic mass is 16.5. The van der Waals surface area contributed by atoms with Gasteiger partial charge in [-0.3, -0.25) is 10.7 Å². The van der Waals surface area contributed by atoms with Crippen LogP contribution in [0.15, 0.2) is 53.5 Å². The summed E-state index contributed by atoms with van der Waals surface area (Å²) >= 11 is 0. The minimum Gasteiger partial charge on any atom is -0.290 e. The first-order valence-electron chi connectivity index (χ1n) is 5.83. The van der Waals surface area contributed by atoms with Gasteiger partial charge in [-0.2, -0.15) is 0 Å². The third kappa shape index (κ3) is 2.57. The number of benzene rings is 2. The summed E-state index contributed by atoms with van der Waals surface area (Å²) in [4.78, 5) is 4.50. The van der Waals surface area contributed by atoms with Crippen LogP contribution in [0.2, 0.25) is 0 Å². The molecule has 0 spiro atoms. The van der Waals surface area contributed by atoms with E-state index in [4.69, 9.17) is 0 Å². The Balaban J connectivity index is 2.48. The van der Waals surface area contributed by atoms with E-state index in [1.165, 1.54) is 0 Å². The molecule has 18 heavy (non-hydrogen) atoms. The smallest absolute Gasteiger partial charge is 0.157 e. The molecule has 3 heteroatoms. The minimum atomic E-state index is 0.452. The summed E-state index contributed by atoms with van der Waals surface area (Å²) in [6.07, 6.45) is 0. The Bertz CT molecular complexity index is 542. The van der Waals surface area contributed by atoms with Gasteiger partial charge in [0, 0.05) is 5.56 Å². The average molecular weight is 240 g/mol. The molecular weight excluding hydrogens is 224 g/mol. The molecule has 2 rings (SSSR count). The van der Waals surface area contributed by atoms with Crippen LogP contribution in [0.25, 0.3) is 0 Å². The second-order valence-corrected chi connectivity index (χ2v) is 4.18. The third-order valence-electron chi connectivity index (χ3n) is 2.82. The van der Waals surface area contributed by atoms with E-state index < -0.39 is 0 Å². The summed E-state index contributed by atoms with van der Waals surface area (Å²) in [5.74, 6) is 0.452. The molecule has 0 aliphatic carbocycles. The largest absolute Gasteiger partial charge is 0.290 e. The standard InChI is InChI=1S/C15H16N2O/c1-11-7-6-8-12(2)14(11)16-15(17-18)13-9-4-3-5-10-13/h3-10,18H,1-2H3,(H,16,17). The Morgan fingerprint density at radius 2 is 1.56 bits per heavy atom. The number of para-hydroxylation sites is 1. The number of rotatable bonds is 2. The zero-order chi connectivity index (χ0) is 13.0. The van der Waals surface area contributed by atoms with Gasteiger partial charge in [-0.05, 0) is 25.0 Å². The van der Waals surface area contributed by atoms with Crippen LogP contribution in [-0.2, 0) is 0 Å². The maximum atomic E-state index is 9.24. The number of hydrogen-bond acceptors (Lipinski definition) is 2. The lowest BCUT2D eigenvalue weighted by Crippen LogP contribution is -2.19. The molecule has 2 N–H and O–H groups in total. The number of amidine groups is 1. The minimum absolute atomic E-state index is 0.452. The molecule has 0 saturated carbocycles. The van der Waals surface area contributed by atoms with Crippen LogP contribution in [0.4, 0.5) is 5.69 Å². The molecule has 0 aliphatic heterocycles. The van der Waals surface area contributed by atoms with Crippen molar-refractivity contribution in [3.05, 3.63) is 65.2 Å². The van der Waals surface area contributed by atoms with Gasteiger partial charge in [-0.25, -0.2) is 4.99 Å². The number of aryl methyl sites for hydroxylation is 2. The summed E-state index contributed by atoms with van der Waals surface area (Å²) in [6.45, 7) is 4.01. The zero-order valence-electron chi connectivity index (χ0n) is 10.5. The zero-order valence-corrected chi connectivity index (χ0v) is 10.5. The highest BCUT2D eigenvalue weighted by Crippen LogP contribution is 2.23. The Morgan fingerprint density at radius 1 is 0.944 bits per heavy atom. The van der Waals surface area contributed by atoms with Crippen molar-refractivity contribution in [2.24, 2.45) is 4.99 Å². The van der Waals surface area contributed by atoms with Gasteiger partial charge in [0.15, 0.2) is 5.84 Å². The fourth-order valence-corrected chi connectivity index (χ4v) is 1.84. The van der Waals surface area contributed by atoms with Crippen LogP contribution in [0.5, 0.6) is 0 Å². The van der Waals surface area contributed by atoms with E-state index in [0.717, 1.165) is 22.4 Å². The van der Waals surface area contributed by atoms with Gasteiger partial charge in [-0.1, -0.05) is 48.5 Å². The lowest BCUT2D eigenvalue weighted by atomic mass is 10.1. The summed E-state index contributed by atoms with van der Waals surface area (Å²) in [7, 11) is 0. The SMILES string of the molecule is Cc1cccc(C)c1N=C(NO)c1ccccc1. The Hall–Kier alpha value is -2.13. The molecule has 0 bridgehead atoms. The Kier molecular flexibility index (Phi) is 3.75. The highest BCUT2D eigenvalue weighted by Gasteiger charge is 2.05. The topological polar surface area (TPSA) is 44.6 Å². The van der Waals surface area contributed by atoms with Crippen molar-refractivity contribution in [1.29, 1.82) is 0 Å². The molecule has 2 aromatic rings. The molecule has 0 atom stereocenters. The van der Waals surface area contributed by atoms with Gasteiger partial charge in [-0.15, -0.1) is 0 Å². The second-order valence-electron chi connectivity index (χ2n) is 4.18. The molecule has 3 nitrogen and oxygen atoms in total. The molecule has 2 aromatic carbocycles. The van der Waals surface area contributed by atoms with Crippen molar-refractivity contribution in [3.8, 4) is 0 Å². The summed E-state index contributed by atoms with van der Waals surface area (Å²) < 4.78 is 0. The first-order chi connectivity index (χ1) is 8.72. The maximum absolute atomic E-state index is 9.24. The predicted molar refractivity (Wildman–Crippen MR) is 73.5 cm³/mol. The molecule has 0 radical (unpaired) electrons. The van der Waals surface area contributed by atoms with Gasteiger partial charge in [0.2, 0.25) is 0 Å². The molecule has 92 valence electrons. The predicted octanol–water partition coefficient (Wildman–Crippen LogP) is 3.36. The van der Waals surface area contributed by atoms with E-state index in [1.807, 2.05) is 62.4 Å². The molecule has 0 heterocycles. The van der Waals surface area contributed by atoms with Crippen molar-refractivity contribution >= 4 is 11.5 Å². The van der Waals surface area contributed by atoms with E-state index in [2.05, 4.69) is 10.5 Å². The van der Waals surface area contributed by atoms with E-state index in [1.54, 1.807) is 0 Å². The monoisotopic (exact) mass is 240 g/mol. The number of aliphatic imine (C=N–C) groups is 1. The molecule has 0 aromatic heterocycles. The number of nitrogens with one attached hydrogen (secondary N) is 1. The number of nitrogens with zero attached hydrogens (tertiary/aromatic N) is 1. The van der Waals surface area contributed by atoms with Crippen molar-refractivity contribution in [3.63, 3.8) is 0 Å². The van der Waals surface area contributed by atoms with Gasteiger partial charge in [0.25, 0.3) is 0 Å². The van der Waals surface area contributed by atoms with Gasteiger partial charge in [0.1, 0.15) is 0 Å². The van der Waals surface area contributed by atoms with Gasteiger partial charge in [0.05, 0.1) is 5.69 Å². The van der Waals surface area contributed by atoms with Crippen LogP contribution >= 0.6 is 0 Å². The van der Waals surface area contributed by atoms with Crippen molar-refractivity contribution in [1.82, 2.24) is 5.48 Å². The van der Waals surface area contributed by atoms with Crippen LogP contribution in [0.3, 0.4) is 0 Å². The average Bonchev–Trinajstić information content (AvgIpc) is 2.40. The van der Waals surface area contributed by atoms with Crippen LogP contribution in [0, 0.1) is 13.8 Å². The molecule has 0 saturated heterocycles. The number of hydroxylamine groups is 1. The fourth-order valence-electron chi connectivity index (χ4n) is 1.84. The normalized spacial score (nSPS) is 11.4. The van der Waals surface area contributed by atoms with E-state index in [-0.39, 0.29) is 0 Å². The Labute approximate surface area is 107 Å². The molecular formula is C15H16N2O. The van der Waals surface area contributed by atoms with E-state index in [9.17, 15) is 5.21 Å². The van der Waals surface area contributed by atoms with E-state index in [0.29, 0.717) is 5.84 Å². The quantitative estimate of drug-likeness (QED) is 0.480. The maximum Gasteiger partial charge on any atom is 0.157 e. The Morgan fingerprint density at radius 3 is 2.11 bits per heavy atom. The van der Waals surface area contributed by atoms with Crippen molar-refractivity contribution < 1.29 is 5.21 Å². The lowest BCUT2D eigenvalue weighted by Gasteiger charge is -2.08. The molecule has 0 fully saturated rings. The molecule has 0 aliphatic rings. The third-order valence-corrected chi connectivity index (χ3v) is 2.82. The number of hydrogen-bond donors (Lipinski definition) is 2. The summed E-state index contributed by atoms with van der Waals surface area (Å²) in [5.41, 5.74) is 6.07. The van der Waals surface area contributed by atoms with Crippen LogP contribution < -0.4 is 5.48 Å². The summed E-state index contributed by atoms with van der Waals surface area (Å²) in [6, 6.07) is 15.6. The fraction of sp³-hybridized carbons (Fsp3) is 0.133. The first kappa shape index (κ1) is 12.3. The second kappa shape index (κ2) is 5.47. The van der Waals surface area contributed by atoms with Gasteiger partial charge >= 0.3 is 0 Å². The van der Waals surface area contributed by atoms with Crippen molar-refractivity contribution in [2.45, 2.75) is 13.8 Å². The van der Waals surface area contributed by atoms with Crippen molar-refractivity contribution in [2.75, 3.05) is 0 Å². The molecule has 0 amide bonds. The summed E-state index contributed by atoms with van der Waals surface area (Å²) in [5, 5.41) is 9.24. The highest BCUT2D eigenvalue weighted by molar-refractivity contribution is 5.99. The van der Waals surface area contributed by atoms with Crippen LogP contribution in [-0.4, -0.2) is 11.0 Å². The van der Waals surface area contributed by atoms with E-state index >= 15 is 0 Å².